The van der Waals surface area contributed by atoms with Crippen LogP contribution in [0.4, 0.5) is 5.69 Å². The first-order chi connectivity index (χ1) is 18.4. The summed E-state index contributed by atoms with van der Waals surface area (Å²) >= 11 is 1.45. The van der Waals surface area contributed by atoms with Crippen LogP contribution in [0.1, 0.15) is 27.0 Å². The maximum atomic E-state index is 12.1. The molecule has 0 N–H and O–H groups in total. The van der Waals surface area contributed by atoms with Gasteiger partial charge in [-0.1, -0.05) is 72.8 Å². The molecule has 38 heavy (non-hydrogen) atoms. The van der Waals surface area contributed by atoms with Gasteiger partial charge in [0.15, 0.2) is 5.75 Å². The molecule has 0 fully saturated rings. The van der Waals surface area contributed by atoms with Crippen LogP contribution in [0.2, 0.25) is 0 Å². The minimum Gasteiger partial charge on any atom is -0.485 e. The lowest BCUT2D eigenvalue weighted by Crippen LogP contribution is -2.21. The van der Waals surface area contributed by atoms with E-state index >= 15 is 0 Å². The van der Waals surface area contributed by atoms with Crippen molar-refractivity contribution in [2.75, 3.05) is 14.1 Å². The highest BCUT2D eigenvalue weighted by Gasteiger charge is 2.23. The van der Waals surface area contributed by atoms with E-state index in [0.717, 1.165) is 16.7 Å². The van der Waals surface area contributed by atoms with Crippen molar-refractivity contribution in [1.29, 1.82) is 0 Å². The summed E-state index contributed by atoms with van der Waals surface area (Å²) in [5, 5.41) is 12.1. The third kappa shape index (κ3) is 7.14. The Kier molecular flexibility index (Phi) is 9.00. The van der Waals surface area contributed by atoms with Gasteiger partial charge in [-0.05, 0) is 34.9 Å². The van der Waals surface area contributed by atoms with E-state index in [-0.39, 0.29) is 30.6 Å². The molecule has 0 aromatic heterocycles. The first-order valence-corrected chi connectivity index (χ1v) is 13.0. The molecule has 0 heterocycles. The van der Waals surface area contributed by atoms with Crippen LogP contribution in [0, 0.1) is 10.1 Å². The van der Waals surface area contributed by atoms with Crippen LogP contribution < -0.4 is 9.47 Å². The second kappa shape index (κ2) is 12.8. The summed E-state index contributed by atoms with van der Waals surface area (Å²) in [4.78, 5) is 26.0. The highest BCUT2D eigenvalue weighted by molar-refractivity contribution is 7.98. The average molecular weight is 529 g/mol. The highest BCUT2D eigenvalue weighted by atomic mass is 32.2. The number of nitrogens with zero attached hydrogens (tertiary/aromatic N) is 2. The lowest BCUT2D eigenvalue weighted by molar-refractivity contribution is -0.386. The minimum absolute atomic E-state index is 0.0638. The number of carbonyl (C=O) groups is 1. The van der Waals surface area contributed by atoms with Crippen molar-refractivity contribution in [1.82, 2.24) is 4.90 Å². The second-order valence-electron chi connectivity index (χ2n) is 8.76. The number of amides is 1. The lowest BCUT2D eigenvalue weighted by atomic mass is 10.1. The van der Waals surface area contributed by atoms with Crippen LogP contribution in [0.15, 0.2) is 102 Å². The van der Waals surface area contributed by atoms with Gasteiger partial charge in [-0.15, -0.1) is 11.8 Å². The van der Waals surface area contributed by atoms with E-state index in [4.69, 9.17) is 9.47 Å². The Morgan fingerprint density at radius 2 is 1.39 bits per heavy atom. The lowest BCUT2D eigenvalue weighted by Gasteiger charge is -2.15. The smallest absolute Gasteiger partial charge is 0.316 e. The number of thioether (sulfide) groups is 1. The minimum atomic E-state index is -0.443. The first kappa shape index (κ1) is 26.8. The fraction of sp³-hybridized carbons (Fsp3) is 0.167. The summed E-state index contributed by atoms with van der Waals surface area (Å²) in [5.74, 6) is 0.917. The summed E-state index contributed by atoms with van der Waals surface area (Å²) in [5.41, 5.74) is 3.28. The average Bonchev–Trinajstić information content (AvgIpc) is 2.94. The topological polar surface area (TPSA) is 81.9 Å². The van der Waals surface area contributed by atoms with Crippen molar-refractivity contribution in [2.45, 2.75) is 23.9 Å². The highest BCUT2D eigenvalue weighted by Crippen LogP contribution is 2.42. The van der Waals surface area contributed by atoms with E-state index in [9.17, 15) is 14.9 Å². The molecule has 0 atom stereocenters. The van der Waals surface area contributed by atoms with Gasteiger partial charge in [-0.3, -0.25) is 14.9 Å². The van der Waals surface area contributed by atoms with Crippen molar-refractivity contribution in [3.05, 3.63) is 129 Å². The van der Waals surface area contributed by atoms with Gasteiger partial charge in [0.25, 0.3) is 5.91 Å². The van der Waals surface area contributed by atoms with Crippen LogP contribution in [0.3, 0.4) is 0 Å². The zero-order valence-corrected chi connectivity index (χ0v) is 22.0. The Hall–Kier alpha value is -4.30. The van der Waals surface area contributed by atoms with Crippen LogP contribution >= 0.6 is 11.8 Å². The summed E-state index contributed by atoms with van der Waals surface area (Å²) in [7, 11) is 3.42. The third-order valence-electron chi connectivity index (χ3n) is 5.68. The second-order valence-corrected chi connectivity index (χ2v) is 9.81. The summed E-state index contributed by atoms with van der Waals surface area (Å²) in [6, 6.07) is 29.8. The predicted molar refractivity (Wildman–Crippen MR) is 149 cm³/mol. The molecule has 0 aliphatic rings. The number of nitro benzene ring substituents is 1. The molecule has 0 spiro atoms. The number of ether oxygens (including phenoxy) is 2. The third-order valence-corrected chi connectivity index (χ3v) is 6.73. The Labute approximate surface area is 226 Å². The number of carbonyl (C=O) groups excluding carboxylic acids is 1. The summed E-state index contributed by atoms with van der Waals surface area (Å²) in [6.07, 6.45) is 0. The molecule has 0 unspecified atom stereocenters. The van der Waals surface area contributed by atoms with E-state index in [1.165, 1.54) is 22.7 Å². The maximum absolute atomic E-state index is 12.1. The van der Waals surface area contributed by atoms with Crippen molar-refractivity contribution in [3.63, 3.8) is 0 Å². The molecule has 0 saturated carbocycles. The molecule has 0 radical (unpaired) electrons. The Morgan fingerprint density at radius 3 is 1.95 bits per heavy atom. The van der Waals surface area contributed by atoms with Crippen LogP contribution in [-0.2, 0) is 19.0 Å². The van der Waals surface area contributed by atoms with Crippen molar-refractivity contribution in [2.24, 2.45) is 0 Å². The van der Waals surface area contributed by atoms with Gasteiger partial charge in [0.1, 0.15) is 13.2 Å². The van der Waals surface area contributed by atoms with Crippen LogP contribution in [0.25, 0.3) is 0 Å². The monoisotopic (exact) mass is 528 g/mol. The molecule has 8 heteroatoms. The maximum Gasteiger partial charge on any atom is 0.316 e. The Balaban J connectivity index is 1.58. The van der Waals surface area contributed by atoms with Gasteiger partial charge in [0.2, 0.25) is 5.75 Å². The molecule has 4 aromatic carbocycles. The van der Waals surface area contributed by atoms with Crippen LogP contribution in [0.5, 0.6) is 11.5 Å². The SMILES string of the molecule is CN(C)C(=O)c1ccc(CSc2cc(OCc3ccccc3)c(OCc3ccccc3)c([N+](=O)[O-])c2)cc1. The van der Waals surface area contributed by atoms with Gasteiger partial charge in [0.05, 0.1) is 4.92 Å². The number of hydrogen-bond donors (Lipinski definition) is 0. The zero-order valence-electron chi connectivity index (χ0n) is 21.2. The standard InChI is InChI=1S/C30H28N2O5S/c1-31(2)30(33)25-15-13-24(14-16-25)21-38-26-17-27(32(34)35)29(37-20-23-11-7-4-8-12-23)28(18-26)36-19-22-9-5-3-6-10-22/h3-18H,19-21H2,1-2H3. The normalized spacial score (nSPS) is 10.6. The number of hydrogen-bond acceptors (Lipinski definition) is 6. The van der Waals surface area contributed by atoms with E-state index in [1.807, 2.05) is 72.8 Å². The molecule has 1 amide bonds. The Morgan fingerprint density at radius 1 is 0.816 bits per heavy atom. The molecule has 0 bridgehead atoms. The molecule has 0 aliphatic carbocycles. The number of nitro groups is 1. The Bertz CT molecular complexity index is 1380. The van der Waals surface area contributed by atoms with Gasteiger partial charge in [-0.2, -0.15) is 0 Å². The quantitative estimate of drug-likeness (QED) is 0.122. The zero-order chi connectivity index (χ0) is 26.9. The van der Waals surface area contributed by atoms with E-state index < -0.39 is 4.92 Å². The molecular weight excluding hydrogens is 500 g/mol. The molecular formula is C30H28N2O5S. The van der Waals surface area contributed by atoms with Gasteiger partial charge in [0, 0.05) is 36.4 Å². The fourth-order valence-corrected chi connectivity index (χ4v) is 4.58. The van der Waals surface area contributed by atoms with Gasteiger partial charge in [-0.25, -0.2) is 0 Å². The van der Waals surface area contributed by atoms with E-state index in [1.54, 1.807) is 32.3 Å². The van der Waals surface area contributed by atoms with Crippen molar-refractivity contribution < 1.29 is 19.2 Å². The first-order valence-electron chi connectivity index (χ1n) is 12.0. The van der Waals surface area contributed by atoms with Gasteiger partial charge < -0.3 is 14.4 Å². The number of benzene rings is 4. The molecule has 4 rings (SSSR count). The molecule has 0 saturated heterocycles. The molecule has 194 valence electrons. The van der Waals surface area contributed by atoms with Crippen LogP contribution in [-0.4, -0.2) is 29.8 Å². The molecule has 4 aromatic rings. The van der Waals surface area contributed by atoms with Gasteiger partial charge >= 0.3 is 5.69 Å². The fourth-order valence-electron chi connectivity index (χ4n) is 3.67. The van der Waals surface area contributed by atoms with Crippen molar-refractivity contribution >= 4 is 23.4 Å². The largest absolute Gasteiger partial charge is 0.485 e. The molecule has 7 nitrogen and oxygen atoms in total. The number of rotatable bonds is 11. The van der Waals surface area contributed by atoms with E-state index in [0.29, 0.717) is 22.0 Å². The summed E-state index contributed by atoms with van der Waals surface area (Å²) < 4.78 is 12.0. The van der Waals surface area contributed by atoms with Crippen molar-refractivity contribution in [3.8, 4) is 11.5 Å². The summed E-state index contributed by atoms with van der Waals surface area (Å²) in [6.45, 7) is 0.420. The predicted octanol–water partition coefficient (Wildman–Crippen LogP) is 6.75. The molecule has 0 aliphatic heterocycles. The van der Waals surface area contributed by atoms with E-state index in [2.05, 4.69) is 0 Å².